The topological polar surface area (TPSA) is 78.1 Å². The molecule has 0 aliphatic rings. The zero-order valence-corrected chi connectivity index (χ0v) is 73.2. The normalized spacial score (nSPS) is 11.7. The standard InChI is InChI=1S/C47H29NO.2C41H25NO/c1-2-10-32(11-3-1)46-37-14-6-8-16-39(37)47(40-17-9-7-15-38(40)46)36-22-24-43(48-29-36)31-20-18-30(19-21-31)35-23-25-44-41(27-35)42-26-33-12-4-5-13-34(33)28-45(42)49-44;1-2-11-26(12-3-1)39-30-15-6-8-17-32(30)40(33-18-9-7-16-31(33)39)29-21-22-36(42-25-29)34-19-10-20-37-41(34)35-23-27-13-4-5-14-28(27)24-38(35)43-37;1-2-10-26(11-3-1)40-31-14-6-8-16-33(31)41(34-17-9-7-15-32(34)40)30-18-20-37(42-25-30)29-19-21-38-35(23-29)36-22-27-12-4-5-13-28(27)24-39(36)43-38/h1-29H;2*1-25H. The monoisotopic (exact) mass is 1720 g/mol. The lowest BCUT2D eigenvalue weighted by atomic mass is 9.86. The molecular formula is C129H79N3O3. The number of nitrogens with zero attached hydrogens (tertiary/aromatic N) is 3. The largest absolute Gasteiger partial charge is 0.456 e. The van der Waals surface area contributed by atoms with Crippen LogP contribution in [0.3, 0.4) is 0 Å². The van der Waals surface area contributed by atoms with Gasteiger partial charge in [-0.05, 0) is 249 Å². The molecular weight excluding hydrogens is 1640 g/mol. The number of fused-ring (bicyclic) bond motifs is 18. The molecule has 0 fully saturated rings. The van der Waals surface area contributed by atoms with E-state index >= 15 is 0 Å². The van der Waals surface area contributed by atoms with Crippen molar-refractivity contribution in [3.05, 3.63) is 480 Å². The van der Waals surface area contributed by atoms with Crippen LogP contribution in [0, 0.1) is 0 Å². The van der Waals surface area contributed by atoms with Crippen molar-refractivity contribution < 1.29 is 13.3 Å². The molecule has 28 rings (SSSR count). The average Bonchev–Trinajstić information content (AvgIpc) is 1.72. The van der Waals surface area contributed by atoms with Gasteiger partial charge in [0, 0.05) is 84.3 Å². The summed E-state index contributed by atoms with van der Waals surface area (Å²) in [5.41, 5.74) is 28.2. The van der Waals surface area contributed by atoms with Crippen molar-refractivity contribution in [1.82, 2.24) is 15.0 Å². The van der Waals surface area contributed by atoms with E-state index in [0.29, 0.717) is 0 Å². The van der Waals surface area contributed by atoms with Gasteiger partial charge in [-0.1, -0.05) is 370 Å². The van der Waals surface area contributed by atoms with Crippen LogP contribution in [0.1, 0.15) is 0 Å². The predicted molar refractivity (Wildman–Crippen MR) is 566 cm³/mol. The molecule has 0 bridgehead atoms. The lowest BCUT2D eigenvalue weighted by molar-refractivity contribution is 0.669. The van der Waals surface area contributed by atoms with Crippen molar-refractivity contribution in [1.29, 1.82) is 0 Å². The molecule has 628 valence electrons. The molecule has 6 aromatic heterocycles. The Balaban J connectivity index is 0.000000106. The first-order chi connectivity index (χ1) is 66.9. The molecule has 22 aromatic carbocycles. The van der Waals surface area contributed by atoms with E-state index in [-0.39, 0.29) is 0 Å². The highest BCUT2D eigenvalue weighted by Gasteiger charge is 2.24. The highest BCUT2D eigenvalue weighted by molar-refractivity contribution is 6.25. The highest BCUT2D eigenvalue weighted by Crippen LogP contribution is 2.50. The van der Waals surface area contributed by atoms with Gasteiger partial charge < -0.3 is 13.3 Å². The Labute approximate surface area is 776 Å². The Hall–Kier alpha value is -18.0. The third kappa shape index (κ3) is 13.6. The predicted octanol–water partition coefficient (Wildman–Crippen LogP) is 36.0. The molecule has 0 saturated heterocycles. The Bertz CT molecular complexity index is 9410. The summed E-state index contributed by atoms with van der Waals surface area (Å²) < 4.78 is 18.8. The van der Waals surface area contributed by atoms with E-state index in [9.17, 15) is 0 Å². The fraction of sp³-hybridized carbons (Fsp3) is 0. The number of hydrogen-bond acceptors (Lipinski definition) is 6. The second-order valence-corrected chi connectivity index (χ2v) is 35.0. The molecule has 0 aliphatic heterocycles. The quantitative estimate of drug-likeness (QED) is 0.127. The van der Waals surface area contributed by atoms with Crippen LogP contribution in [0.4, 0.5) is 0 Å². The summed E-state index contributed by atoms with van der Waals surface area (Å²) in [5.74, 6) is 0. The van der Waals surface area contributed by atoms with E-state index in [0.717, 1.165) is 127 Å². The number of furan rings is 3. The van der Waals surface area contributed by atoms with Crippen LogP contribution < -0.4 is 0 Å². The maximum absolute atomic E-state index is 6.33. The van der Waals surface area contributed by atoms with Crippen LogP contribution in [0.25, 0.3) is 274 Å². The molecule has 0 saturated carbocycles. The van der Waals surface area contributed by atoms with Gasteiger partial charge in [0.2, 0.25) is 0 Å². The summed E-state index contributed by atoms with van der Waals surface area (Å²) in [6, 6.07) is 164. The first kappa shape index (κ1) is 78.1. The second kappa shape index (κ2) is 32.6. The van der Waals surface area contributed by atoms with Crippen molar-refractivity contribution in [3.63, 3.8) is 0 Å². The van der Waals surface area contributed by atoms with Gasteiger partial charge >= 0.3 is 0 Å². The molecule has 0 amide bonds. The van der Waals surface area contributed by atoms with E-state index in [1.165, 1.54) is 147 Å². The number of rotatable bonds is 10. The summed E-state index contributed by atoms with van der Waals surface area (Å²) in [6.45, 7) is 0. The zero-order valence-electron chi connectivity index (χ0n) is 73.2. The lowest BCUT2D eigenvalue weighted by Crippen LogP contribution is -1.92. The van der Waals surface area contributed by atoms with Crippen LogP contribution in [0.15, 0.2) is 493 Å². The Morgan fingerprint density at radius 2 is 0.393 bits per heavy atom. The first-order valence-corrected chi connectivity index (χ1v) is 46.0. The molecule has 6 heterocycles. The Morgan fingerprint density at radius 1 is 0.133 bits per heavy atom. The molecule has 0 spiro atoms. The molecule has 28 aromatic rings. The van der Waals surface area contributed by atoms with Crippen molar-refractivity contribution >= 4 is 163 Å². The van der Waals surface area contributed by atoms with Gasteiger partial charge in [0.25, 0.3) is 0 Å². The molecule has 0 unspecified atom stereocenters. The zero-order chi connectivity index (χ0) is 89.0. The molecule has 0 N–H and O–H groups in total. The van der Waals surface area contributed by atoms with Crippen molar-refractivity contribution in [3.8, 4) is 112 Å². The third-order valence-electron chi connectivity index (χ3n) is 27.3. The lowest BCUT2D eigenvalue weighted by Gasteiger charge is -2.17. The minimum Gasteiger partial charge on any atom is -0.456 e. The molecule has 0 atom stereocenters. The fourth-order valence-corrected chi connectivity index (χ4v) is 21.0. The van der Waals surface area contributed by atoms with E-state index < -0.39 is 0 Å². The first-order valence-electron chi connectivity index (χ1n) is 46.0. The smallest absolute Gasteiger partial charge is 0.136 e. The van der Waals surface area contributed by atoms with Crippen LogP contribution in [-0.2, 0) is 0 Å². The Morgan fingerprint density at radius 3 is 0.748 bits per heavy atom. The summed E-state index contributed by atoms with van der Waals surface area (Å²) in [6.07, 6.45) is 6.08. The number of aromatic nitrogens is 3. The van der Waals surface area contributed by atoms with Crippen molar-refractivity contribution in [2.45, 2.75) is 0 Å². The molecule has 0 aliphatic carbocycles. The number of pyridine rings is 3. The van der Waals surface area contributed by atoms with Gasteiger partial charge in [0.1, 0.15) is 33.5 Å². The van der Waals surface area contributed by atoms with Crippen LogP contribution in [-0.4, -0.2) is 15.0 Å². The summed E-state index contributed by atoms with van der Waals surface area (Å²) >= 11 is 0. The summed E-state index contributed by atoms with van der Waals surface area (Å²) in [4.78, 5) is 15.1. The van der Waals surface area contributed by atoms with Crippen LogP contribution in [0.2, 0.25) is 0 Å². The SMILES string of the molecule is c1ccc(-c2c3ccccc3c(-c3ccc(-c4ccc(-c5ccc6oc7cc8ccccc8cc7c6c5)cc4)nc3)c3ccccc23)cc1.c1ccc(-c2c3ccccc3c(-c3ccc(-c4ccc5oc6cc7ccccc7cc6c5c4)nc3)c3ccccc23)cc1.c1ccc(-c2c3ccccc3c(-c3ccc(-c4cccc5oc6cc7ccccc7cc6c45)nc3)c3ccccc23)cc1. The average molecular weight is 1720 g/mol. The highest BCUT2D eigenvalue weighted by atomic mass is 16.3. The molecule has 135 heavy (non-hydrogen) atoms. The van der Waals surface area contributed by atoms with Gasteiger partial charge in [-0.3, -0.25) is 15.0 Å². The fourth-order valence-electron chi connectivity index (χ4n) is 21.0. The maximum atomic E-state index is 6.33. The van der Waals surface area contributed by atoms with E-state index in [2.05, 4.69) is 455 Å². The molecule has 0 radical (unpaired) electrons. The second-order valence-electron chi connectivity index (χ2n) is 35.0. The van der Waals surface area contributed by atoms with Gasteiger partial charge in [-0.15, -0.1) is 0 Å². The van der Waals surface area contributed by atoms with E-state index in [4.69, 9.17) is 28.2 Å². The van der Waals surface area contributed by atoms with Crippen LogP contribution in [0.5, 0.6) is 0 Å². The number of benzene rings is 22. The number of hydrogen-bond donors (Lipinski definition) is 0. The minimum absolute atomic E-state index is 0.877. The molecule has 6 nitrogen and oxygen atoms in total. The summed E-state index contributed by atoms with van der Waals surface area (Å²) in [5, 5.41) is 28.8. The summed E-state index contributed by atoms with van der Waals surface area (Å²) in [7, 11) is 0. The van der Waals surface area contributed by atoms with Gasteiger partial charge in [0.05, 0.1) is 17.1 Å². The van der Waals surface area contributed by atoms with Gasteiger partial charge in [0.15, 0.2) is 0 Å². The van der Waals surface area contributed by atoms with E-state index in [1.54, 1.807) is 0 Å². The van der Waals surface area contributed by atoms with Crippen molar-refractivity contribution in [2.75, 3.05) is 0 Å². The van der Waals surface area contributed by atoms with Crippen molar-refractivity contribution in [2.24, 2.45) is 0 Å². The third-order valence-corrected chi connectivity index (χ3v) is 27.3. The van der Waals surface area contributed by atoms with Gasteiger partial charge in [-0.25, -0.2) is 0 Å². The Kier molecular flexibility index (Phi) is 18.9. The maximum Gasteiger partial charge on any atom is 0.136 e. The minimum atomic E-state index is 0.877. The van der Waals surface area contributed by atoms with Gasteiger partial charge in [-0.2, -0.15) is 0 Å². The van der Waals surface area contributed by atoms with Crippen LogP contribution >= 0.6 is 0 Å². The molecule has 6 heteroatoms. The van der Waals surface area contributed by atoms with E-state index in [1.807, 2.05) is 24.7 Å².